The molecule has 2 aromatic rings. The molecule has 168 valence electrons. The number of benzene rings is 2. The monoisotopic (exact) mass is 460 g/mol. The summed E-state index contributed by atoms with van der Waals surface area (Å²) in [5.74, 6) is -1.09. The SMILES string of the molecule is CNCc1cccc(C(=O)NC23CC(NC(=O)COc4ccc(Cl)c(F)c4)(C2)C3)c1N=O. The molecule has 3 aliphatic carbocycles. The number of carbonyl (C=O) groups is 2. The zero-order chi connectivity index (χ0) is 22.9. The van der Waals surface area contributed by atoms with Gasteiger partial charge in [-0.1, -0.05) is 23.7 Å². The van der Waals surface area contributed by atoms with E-state index in [1.165, 1.54) is 12.1 Å². The van der Waals surface area contributed by atoms with Crippen molar-refractivity contribution in [2.24, 2.45) is 5.18 Å². The highest BCUT2D eigenvalue weighted by Crippen LogP contribution is 2.60. The molecule has 3 N–H and O–H groups in total. The van der Waals surface area contributed by atoms with Gasteiger partial charge in [-0.2, -0.15) is 0 Å². The van der Waals surface area contributed by atoms with Gasteiger partial charge in [0.15, 0.2) is 6.61 Å². The number of nitroso groups, excluding NO2 is 1. The van der Waals surface area contributed by atoms with E-state index in [2.05, 4.69) is 21.1 Å². The molecule has 0 radical (unpaired) electrons. The van der Waals surface area contributed by atoms with Crippen molar-refractivity contribution in [3.05, 3.63) is 63.3 Å². The zero-order valence-corrected chi connectivity index (χ0v) is 18.1. The van der Waals surface area contributed by atoms with Gasteiger partial charge in [-0.25, -0.2) is 4.39 Å². The minimum atomic E-state index is -0.619. The highest BCUT2D eigenvalue weighted by atomic mass is 35.5. The van der Waals surface area contributed by atoms with Gasteiger partial charge >= 0.3 is 0 Å². The highest BCUT2D eigenvalue weighted by Gasteiger charge is 2.69. The molecule has 10 heteroatoms. The van der Waals surface area contributed by atoms with Crippen LogP contribution in [0.3, 0.4) is 0 Å². The van der Waals surface area contributed by atoms with Crippen LogP contribution in [-0.2, 0) is 11.3 Å². The maximum absolute atomic E-state index is 13.4. The Hall–Kier alpha value is -3.04. The molecule has 2 bridgehead atoms. The Labute approximate surface area is 188 Å². The molecular formula is C22H22ClFN4O4. The summed E-state index contributed by atoms with van der Waals surface area (Å²) in [6.07, 6.45) is 1.77. The van der Waals surface area contributed by atoms with E-state index in [9.17, 15) is 18.9 Å². The fourth-order valence-electron chi connectivity index (χ4n) is 4.62. The van der Waals surface area contributed by atoms with Crippen molar-refractivity contribution in [2.45, 2.75) is 36.9 Å². The van der Waals surface area contributed by atoms with Crippen molar-refractivity contribution >= 4 is 29.1 Å². The molecule has 5 rings (SSSR count). The van der Waals surface area contributed by atoms with E-state index in [4.69, 9.17) is 16.3 Å². The number of amides is 2. The summed E-state index contributed by atoms with van der Waals surface area (Å²) in [7, 11) is 1.75. The number of hydrogen-bond acceptors (Lipinski definition) is 6. The molecule has 0 aliphatic heterocycles. The molecule has 0 heterocycles. The van der Waals surface area contributed by atoms with Gasteiger partial charge in [-0.05, 0) is 55.2 Å². The molecule has 3 aliphatic rings. The molecule has 32 heavy (non-hydrogen) atoms. The summed E-state index contributed by atoms with van der Waals surface area (Å²) >= 11 is 5.63. The van der Waals surface area contributed by atoms with Crippen LogP contribution in [0.1, 0.15) is 35.2 Å². The van der Waals surface area contributed by atoms with E-state index in [1.54, 1.807) is 25.2 Å². The third kappa shape index (κ3) is 4.18. The van der Waals surface area contributed by atoms with Crippen molar-refractivity contribution in [2.75, 3.05) is 13.7 Å². The Morgan fingerprint density at radius 2 is 1.88 bits per heavy atom. The van der Waals surface area contributed by atoms with Crippen LogP contribution in [0.2, 0.25) is 5.02 Å². The third-order valence-corrected chi connectivity index (χ3v) is 6.20. The van der Waals surface area contributed by atoms with Crippen molar-refractivity contribution < 1.29 is 18.7 Å². The topological polar surface area (TPSA) is 109 Å². The smallest absolute Gasteiger partial charge is 0.258 e. The molecule has 3 fully saturated rings. The van der Waals surface area contributed by atoms with Gasteiger partial charge in [0.05, 0.1) is 10.6 Å². The fourth-order valence-corrected chi connectivity index (χ4v) is 4.74. The van der Waals surface area contributed by atoms with Crippen LogP contribution < -0.4 is 20.7 Å². The third-order valence-electron chi connectivity index (χ3n) is 5.90. The fraction of sp³-hybridized carbons (Fsp3) is 0.364. The number of halogens is 2. The van der Waals surface area contributed by atoms with Crippen LogP contribution in [-0.4, -0.2) is 36.5 Å². The van der Waals surface area contributed by atoms with Gasteiger partial charge in [0.25, 0.3) is 11.8 Å². The van der Waals surface area contributed by atoms with Gasteiger partial charge < -0.3 is 20.7 Å². The lowest BCUT2D eigenvalue weighted by atomic mass is 9.44. The van der Waals surface area contributed by atoms with Gasteiger partial charge in [-0.3, -0.25) is 9.59 Å². The first-order valence-corrected chi connectivity index (χ1v) is 10.5. The molecule has 0 atom stereocenters. The summed E-state index contributed by atoms with van der Waals surface area (Å²) in [6, 6.07) is 9.00. The van der Waals surface area contributed by atoms with Crippen LogP contribution in [0.4, 0.5) is 10.1 Å². The molecule has 0 saturated heterocycles. The van der Waals surface area contributed by atoms with Crippen LogP contribution >= 0.6 is 11.6 Å². The zero-order valence-electron chi connectivity index (χ0n) is 17.3. The Kier molecular flexibility index (Phi) is 5.87. The van der Waals surface area contributed by atoms with Crippen LogP contribution in [0.15, 0.2) is 41.6 Å². The van der Waals surface area contributed by atoms with Crippen LogP contribution in [0.5, 0.6) is 5.75 Å². The molecule has 0 spiro atoms. The standard InChI is InChI=1S/C22H22ClFN4O4/c1-25-8-13-3-2-4-15(19(13)28-31)20(30)27-22-10-21(11-22,12-22)26-18(29)9-32-14-5-6-16(23)17(24)7-14/h2-7,25H,8-12H2,1H3,(H,26,29)(H,27,30). The molecule has 3 saturated carbocycles. The lowest BCUT2D eigenvalue weighted by Gasteiger charge is -2.70. The molecule has 0 unspecified atom stereocenters. The highest BCUT2D eigenvalue weighted by molar-refractivity contribution is 6.30. The van der Waals surface area contributed by atoms with E-state index in [0.717, 1.165) is 6.07 Å². The number of carbonyl (C=O) groups excluding carboxylic acids is 2. The molecule has 0 aromatic heterocycles. The summed E-state index contributed by atoms with van der Waals surface area (Å²) < 4.78 is 18.8. The Bertz CT molecular complexity index is 1070. The first kappa shape index (κ1) is 22.2. The van der Waals surface area contributed by atoms with E-state index in [1.807, 2.05) is 0 Å². The second kappa shape index (κ2) is 8.48. The minimum Gasteiger partial charge on any atom is -0.484 e. The average molecular weight is 461 g/mol. The van der Waals surface area contributed by atoms with E-state index >= 15 is 0 Å². The summed E-state index contributed by atoms with van der Waals surface area (Å²) in [6.45, 7) is 0.169. The first-order valence-electron chi connectivity index (χ1n) is 10.1. The van der Waals surface area contributed by atoms with E-state index in [0.29, 0.717) is 31.4 Å². The Morgan fingerprint density at radius 3 is 2.53 bits per heavy atom. The van der Waals surface area contributed by atoms with Crippen molar-refractivity contribution in [1.29, 1.82) is 0 Å². The number of ether oxygens (including phenoxy) is 1. The lowest BCUT2D eigenvalue weighted by molar-refractivity contribution is -0.141. The number of nitrogens with zero attached hydrogens (tertiary/aromatic N) is 1. The largest absolute Gasteiger partial charge is 0.484 e. The van der Waals surface area contributed by atoms with E-state index in [-0.39, 0.29) is 46.0 Å². The second-order valence-electron chi connectivity index (χ2n) is 8.39. The summed E-state index contributed by atoms with van der Waals surface area (Å²) in [4.78, 5) is 36.3. The Balaban J connectivity index is 1.29. The second-order valence-corrected chi connectivity index (χ2v) is 8.80. The van der Waals surface area contributed by atoms with Gasteiger partial charge in [0.1, 0.15) is 17.3 Å². The summed E-state index contributed by atoms with van der Waals surface area (Å²) in [5, 5.41) is 11.9. The molecule has 2 amide bonds. The Morgan fingerprint density at radius 1 is 1.16 bits per heavy atom. The molecular weight excluding hydrogens is 439 g/mol. The number of hydrogen-bond donors (Lipinski definition) is 3. The molecule has 8 nitrogen and oxygen atoms in total. The minimum absolute atomic E-state index is 0.0205. The van der Waals surface area contributed by atoms with Gasteiger partial charge in [0.2, 0.25) is 0 Å². The van der Waals surface area contributed by atoms with E-state index < -0.39 is 11.4 Å². The quantitative estimate of drug-likeness (QED) is 0.498. The average Bonchev–Trinajstić information content (AvgIpc) is 2.72. The normalized spacial score (nSPS) is 22.8. The maximum atomic E-state index is 13.4. The van der Waals surface area contributed by atoms with Gasteiger partial charge in [0, 0.05) is 23.7 Å². The number of rotatable bonds is 9. The lowest BCUT2D eigenvalue weighted by Crippen LogP contribution is -2.84. The van der Waals surface area contributed by atoms with Gasteiger partial charge in [-0.15, -0.1) is 4.91 Å². The number of nitrogens with one attached hydrogen (secondary N) is 3. The predicted molar refractivity (Wildman–Crippen MR) is 116 cm³/mol. The predicted octanol–water partition coefficient (Wildman–Crippen LogP) is 3.20. The maximum Gasteiger partial charge on any atom is 0.258 e. The first-order chi connectivity index (χ1) is 15.3. The summed E-state index contributed by atoms with van der Waals surface area (Å²) in [5.41, 5.74) is 0.239. The van der Waals surface area contributed by atoms with Crippen molar-refractivity contribution in [1.82, 2.24) is 16.0 Å². The molecule has 2 aromatic carbocycles. The van der Waals surface area contributed by atoms with Crippen LogP contribution in [0.25, 0.3) is 0 Å². The van der Waals surface area contributed by atoms with Crippen LogP contribution in [0, 0.1) is 10.7 Å². The van der Waals surface area contributed by atoms with Crippen molar-refractivity contribution in [3.63, 3.8) is 0 Å². The van der Waals surface area contributed by atoms with Crippen molar-refractivity contribution in [3.8, 4) is 5.75 Å².